The molecule has 0 fully saturated rings. The Bertz CT molecular complexity index is 1810. The van der Waals surface area contributed by atoms with Crippen molar-refractivity contribution in [3.63, 3.8) is 0 Å². The molecule has 3 aromatic carbocycles. The molecule has 0 aliphatic heterocycles. The SMILES string of the molecule is CCOC(=O)CSc1nc(-c2ccccc2)c2sc3nc(-c4ccccc4)cc(-c4ccc(OC)cc4)c3c2n1. The van der Waals surface area contributed by atoms with Crippen molar-refractivity contribution in [1.29, 1.82) is 0 Å². The summed E-state index contributed by atoms with van der Waals surface area (Å²) in [6.45, 7) is 2.14. The third-order valence-electron chi connectivity index (χ3n) is 6.41. The number of benzene rings is 3. The van der Waals surface area contributed by atoms with Gasteiger partial charge in [-0.05, 0) is 36.2 Å². The topological polar surface area (TPSA) is 74.2 Å². The van der Waals surface area contributed by atoms with Crippen molar-refractivity contribution in [3.05, 3.63) is 91.0 Å². The summed E-state index contributed by atoms with van der Waals surface area (Å²) in [5, 5.41) is 1.48. The minimum absolute atomic E-state index is 0.136. The number of thiophene rings is 1. The van der Waals surface area contributed by atoms with Gasteiger partial charge in [0.25, 0.3) is 0 Å². The molecule has 198 valence electrons. The number of methoxy groups -OCH3 is 1. The van der Waals surface area contributed by atoms with Crippen LogP contribution < -0.4 is 4.74 Å². The van der Waals surface area contributed by atoms with Crippen LogP contribution in [0.3, 0.4) is 0 Å². The van der Waals surface area contributed by atoms with Crippen LogP contribution in [0.5, 0.6) is 5.75 Å². The highest BCUT2D eigenvalue weighted by Crippen LogP contribution is 2.44. The van der Waals surface area contributed by atoms with E-state index in [-0.39, 0.29) is 11.7 Å². The fraction of sp³-hybridized carbons (Fsp3) is 0.125. The van der Waals surface area contributed by atoms with Crippen LogP contribution in [-0.4, -0.2) is 40.4 Å². The van der Waals surface area contributed by atoms with E-state index in [9.17, 15) is 4.79 Å². The Hall–Kier alpha value is -4.27. The average Bonchev–Trinajstić information content (AvgIpc) is 3.39. The number of hydrogen-bond donors (Lipinski definition) is 0. The highest BCUT2D eigenvalue weighted by Gasteiger charge is 2.21. The van der Waals surface area contributed by atoms with Crippen molar-refractivity contribution in [3.8, 4) is 39.4 Å². The van der Waals surface area contributed by atoms with E-state index in [0.29, 0.717) is 11.8 Å². The highest BCUT2D eigenvalue weighted by molar-refractivity contribution is 7.99. The smallest absolute Gasteiger partial charge is 0.316 e. The van der Waals surface area contributed by atoms with Gasteiger partial charge in [0.05, 0.1) is 41.1 Å². The zero-order valence-corrected chi connectivity index (χ0v) is 23.6. The van der Waals surface area contributed by atoms with E-state index in [1.165, 1.54) is 11.8 Å². The maximum atomic E-state index is 12.1. The third kappa shape index (κ3) is 5.15. The molecule has 3 heterocycles. The predicted octanol–water partition coefficient (Wildman–Crippen LogP) is 7.90. The number of hydrogen-bond acceptors (Lipinski definition) is 8. The Morgan fingerprint density at radius 2 is 1.55 bits per heavy atom. The molecule has 6 aromatic rings. The molecule has 6 nitrogen and oxygen atoms in total. The standard InChI is InChI=1S/C32H25N3O3S2/c1-3-38-26(36)19-39-32-34-28(22-12-8-5-9-13-22)30-29(35-32)27-24(20-14-16-23(37-2)17-15-20)18-25(33-31(27)40-30)21-10-6-4-7-11-21/h4-18H,3,19H2,1-2H3. The summed E-state index contributed by atoms with van der Waals surface area (Å²) in [5.41, 5.74) is 6.60. The fourth-order valence-electron chi connectivity index (χ4n) is 4.55. The summed E-state index contributed by atoms with van der Waals surface area (Å²) in [5.74, 6) is 0.636. The first-order chi connectivity index (χ1) is 19.6. The van der Waals surface area contributed by atoms with Gasteiger partial charge in [0, 0.05) is 16.5 Å². The van der Waals surface area contributed by atoms with Gasteiger partial charge in [-0.2, -0.15) is 0 Å². The van der Waals surface area contributed by atoms with E-state index in [4.69, 9.17) is 24.4 Å². The summed E-state index contributed by atoms with van der Waals surface area (Å²) < 4.78 is 11.5. The molecule has 0 saturated carbocycles. The molecule has 0 spiro atoms. The number of carbonyl (C=O) groups is 1. The second-order valence-electron chi connectivity index (χ2n) is 8.92. The molecule has 0 amide bonds. The van der Waals surface area contributed by atoms with E-state index in [2.05, 4.69) is 30.3 Å². The van der Waals surface area contributed by atoms with Gasteiger partial charge in [-0.15, -0.1) is 11.3 Å². The number of rotatable bonds is 8. The van der Waals surface area contributed by atoms with E-state index in [1.54, 1.807) is 25.4 Å². The van der Waals surface area contributed by atoms with E-state index in [0.717, 1.165) is 59.8 Å². The number of esters is 1. The third-order valence-corrected chi connectivity index (χ3v) is 8.31. The monoisotopic (exact) mass is 563 g/mol. The van der Waals surface area contributed by atoms with Crippen molar-refractivity contribution >= 4 is 49.5 Å². The van der Waals surface area contributed by atoms with Gasteiger partial charge in [0.2, 0.25) is 0 Å². The zero-order chi connectivity index (χ0) is 27.5. The van der Waals surface area contributed by atoms with Gasteiger partial charge >= 0.3 is 5.97 Å². The Morgan fingerprint density at radius 3 is 2.23 bits per heavy atom. The second-order valence-corrected chi connectivity index (χ2v) is 10.9. The molecule has 0 unspecified atom stereocenters. The van der Waals surface area contributed by atoms with Gasteiger partial charge in [0.15, 0.2) is 5.16 Å². The quantitative estimate of drug-likeness (QED) is 0.106. The largest absolute Gasteiger partial charge is 0.497 e. The summed E-state index contributed by atoms with van der Waals surface area (Å²) in [7, 11) is 1.66. The Labute approximate surface area is 240 Å². The molecule has 3 aromatic heterocycles. The van der Waals surface area contributed by atoms with Crippen LogP contribution in [0.4, 0.5) is 0 Å². The highest BCUT2D eigenvalue weighted by atomic mass is 32.2. The molecule has 0 aliphatic carbocycles. The van der Waals surface area contributed by atoms with Crippen molar-refractivity contribution in [2.45, 2.75) is 12.1 Å². The number of thioether (sulfide) groups is 1. The van der Waals surface area contributed by atoms with E-state index >= 15 is 0 Å². The number of carbonyl (C=O) groups excluding carboxylic acids is 1. The molecule has 0 atom stereocenters. The van der Waals surface area contributed by atoms with Crippen molar-refractivity contribution < 1.29 is 14.3 Å². The van der Waals surface area contributed by atoms with Gasteiger partial charge in [-0.1, -0.05) is 84.6 Å². The van der Waals surface area contributed by atoms with Crippen LogP contribution in [0.15, 0.2) is 96.2 Å². The lowest BCUT2D eigenvalue weighted by atomic mass is 9.99. The summed E-state index contributed by atoms with van der Waals surface area (Å²) in [6, 6.07) is 30.4. The van der Waals surface area contributed by atoms with Crippen LogP contribution in [0.1, 0.15) is 6.92 Å². The summed E-state index contributed by atoms with van der Waals surface area (Å²) >= 11 is 2.87. The first-order valence-corrected chi connectivity index (χ1v) is 14.6. The minimum Gasteiger partial charge on any atom is -0.497 e. The van der Waals surface area contributed by atoms with Crippen molar-refractivity contribution in [2.24, 2.45) is 0 Å². The van der Waals surface area contributed by atoms with Crippen LogP contribution in [0, 0.1) is 0 Å². The maximum Gasteiger partial charge on any atom is 0.316 e. The molecular weight excluding hydrogens is 539 g/mol. The van der Waals surface area contributed by atoms with Gasteiger partial charge in [-0.25, -0.2) is 15.0 Å². The Kier molecular flexibility index (Phi) is 7.44. The van der Waals surface area contributed by atoms with Crippen LogP contribution in [0.2, 0.25) is 0 Å². The zero-order valence-electron chi connectivity index (χ0n) is 22.0. The summed E-state index contributed by atoms with van der Waals surface area (Å²) in [6.07, 6.45) is 0. The minimum atomic E-state index is -0.291. The van der Waals surface area contributed by atoms with Gasteiger partial charge < -0.3 is 9.47 Å². The average molecular weight is 564 g/mol. The number of ether oxygens (including phenoxy) is 2. The lowest BCUT2D eigenvalue weighted by Crippen LogP contribution is -2.07. The van der Waals surface area contributed by atoms with E-state index < -0.39 is 0 Å². The van der Waals surface area contributed by atoms with Crippen molar-refractivity contribution in [1.82, 2.24) is 15.0 Å². The van der Waals surface area contributed by atoms with Crippen molar-refractivity contribution in [2.75, 3.05) is 19.5 Å². The molecule has 0 radical (unpaired) electrons. The first kappa shape index (κ1) is 26.0. The maximum absolute atomic E-state index is 12.1. The molecule has 0 aliphatic rings. The lowest BCUT2D eigenvalue weighted by Gasteiger charge is -2.10. The van der Waals surface area contributed by atoms with Crippen LogP contribution >= 0.6 is 23.1 Å². The number of nitrogens with zero attached hydrogens (tertiary/aromatic N) is 3. The normalized spacial score (nSPS) is 11.2. The number of fused-ring (bicyclic) bond motifs is 3. The number of aromatic nitrogens is 3. The molecule has 0 N–H and O–H groups in total. The van der Waals surface area contributed by atoms with E-state index in [1.807, 2.05) is 60.7 Å². The fourth-order valence-corrected chi connectivity index (χ4v) is 6.35. The molecular formula is C32H25N3O3S2. The van der Waals surface area contributed by atoms with Crippen LogP contribution in [-0.2, 0) is 9.53 Å². The second kappa shape index (κ2) is 11.5. The van der Waals surface area contributed by atoms with Crippen LogP contribution in [0.25, 0.3) is 54.1 Å². The Morgan fingerprint density at radius 1 is 0.850 bits per heavy atom. The lowest BCUT2D eigenvalue weighted by molar-refractivity contribution is -0.139. The summed E-state index contributed by atoms with van der Waals surface area (Å²) in [4.78, 5) is 28.0. The number of pyridine rings is 1. The molecule has 40 heavy (non-hydrogen) atoms. The molecule has 6 rings (SSSR count). The molecule has 0 bridgehead atoms. The Balaban J connectivity index is 1.63. The molecule has 0 saturated heterocycles. The molecule has 8 heteroatoms. The van der Waals surface area contributed by atoms with Gasteiger partial charge in [0.1, 0.15) is 10.6 Å². The van der Waals surface area contributed by atoms with Gasteiger partial charge in [-0.3, -0.25) is 4.79 Å². The predicted molar refractivity (Wildman–Crippen MR) is 163 cm³/mol. The first-order valence-electron chi connectivity index (χ1n) is 12.8.